The van der Waals surface area contributed by atoms with Gasteiger partial charge in [-0.2, -0.15) is 0 Å². The van der Waals surface area contributed by atoms with Crippen LogP contribution in [-0.2, 0) is 9.53 Å². The second-order valence-electron chi connectivity index (χ2n) is 12.2. The smallest absolute Gasteiger partial charge is 0.407 e. The van der Waals surface area contributed by atoms with Crippen LogP contribution in [0.5, 0.6) is 0 Å². The highest BCUT2D eigenvalue weighted by Crippen LogP contribution is 2.35. The van der Waals surface area contributed by atoms with E-state index >= 15 is 0 Å². The number of alkyl carbamates (subject to hydrolysis) is 1. The summed E-state index contributed by atoms with van der Waals surface area (Å²) in [7, 11) is 1.30. The molecule has 2 aliphatic heterocycles. The molecule has 3 atom stereocenters. The minimum absolute atomic E-state index is 0.101. The topological polar surface area (TPSA) is 128 Å². The van der Waals surface area contributed by atoms with Crippen LogP contribution >= 0.6 is 11.8 Å². The Bertz CT molecular complexity index is 1870. The number of aromatic nitrogens is 4. The number of nitrogens with zero attached hydrogens (tertiary/aromatic N) is 3. The Hall–Kier alpha value is -4.97. The van der Waals surface area contributed by atoms with Crippen molar-refractivity contribution >= 4 is 23.8 Å². The molecule has 2 amide bonds. The first-order chi connectivity index (χ1) is 23.4. The summed E-state index contributed by atoms with van der Waals surface area (Å²) in [6.45, 7) is 5.42. The number of carbonyl (C=O) groups is 2. The van der Waals surface area contributed by atoms with Crippen molar-refractivity contribution in [2.75, 3.05) is 20.2 Å². The molecule has 48 heavy (non-hydrogen) atoms. The number of likely N-dealkylation sites (tertiary alicyclic amines) is 1. The molecule has 2 saturated heterocycles. The van der Waals surface area contributed by atoms with Crippen LogP contribution in [0.15, 0.2) is 70.7 Å². The Morgan fingerprint density at radius 2 is 1.81 bits per heavy atom. The van der Waals surface area contributed by atoms with Crippen molar-refractivity contribution in [3.8, 4) is 34.9 Å². The number of methoxy groups -OCH3 is 1. The van der Waals surface area contributed by atoms with E-state index in [1.54, 1.807) is 18.0 Å². The van der Waals surface area contributed by atoms with Gasteiger partial charge in [0.05, 0.1) is 37.3 Å². The minimum atomic E-state index is -0.686. The van der Waals surface area contributed by atoms with E-state index in [9.17, 15) is 9.59 Å². The van der Waals surface area contributed by atoms with Gasteiger partial charge < -0.3 is 30.2 Å². The number of carbonyl (C=O) groups excluding carboxylic acids is 2. The van der Waals surface area contributed by atoms with Gasteiger partial charge in [0.25, 0.3) is 0 Å². The van der Waals surface area contributed by atoms with E-state index < -0.39 is 12.1 Å². The molecule has 4 aromatic rings. The van der Waals surface area contributed by atoms with Gasteiger partial charge in [-0.05, 0) is 80.2 Å². The summed E-state index contributed by atoms with van der Waals surface area (Å²) in [6, 6.07) is 15.7. The van der Waals surface area contributed by atoms with Gasteiger partial charge in [0, 0.05) is 27.5 Å². The van der Waals surface area contributed by atoms with Crippen molar-refractivity contribution < 1.29 is 14.3 Å². The molecule has 0 aliphatic carbocycles. The summed E-state index contributed by atoms with van der Waals surface area (Å²) in [5, 5.41) is 6.15. The van der Waals surface area contributed by atoms with Gasteiger partial charge in [0.2, 0.25) is 5.91 Å². The number of benzene rings is 2. The number of hydrogen-bond donors (Lipinski definition) is 4. The number of aromatic amines is 2. The monoisotopic (exact) mass is 661 g/mol. The molecule has 4 heterocycles. The van der Waals surface area contributed by atoms with E-state index in [0.29, 0.717) is 6.54 Å². The van der Waals surface area contributed by atoms with Gasteiger partial charge >= 0.3 is 6.09 Å². The minimum Gasteiger partial charge on any atom is -0.453 e. The normalized spacial score (nSPS) is 17.7. The Kier molecular flexibility index (Phi) is 10.5. The fourth-order valence-corrected chi connectivity index (χ4v) is 6.99. The first-order valence-corrected chi connectivity index (χ1v) is 17.1. The molecule has 0 saturated carbocycles. The number of H-pyrrole nitrogens is 2. The van der Waals surface area contributed by atoms with Crippen molar-refractivity contribution in [1.29, 1.82) is 0 Å². The first-order valence-electron chi connectivity index (χ1n) is 16.3. The predicted octanol–water partition coefficient (Wildman–Crippen LogP) is 5.82. The second-order valence-corrected chi connectivity index (χ2v) is 13.3. The summed E-state index contributed by atoms with van der Waals surface area (Å²) >= 11 is 1.64. The van der Waals surface area contributed by atoms with Gasteiger partial charge in [0.1, 0.15) is 23.4 Å². The fraction of sp³-hybridized carbons (Fsp3) is 0.351. The van der Waals surface area contributed by atoms with Gasteiger partial charge in [-0.3, -0.25) is 4.79 Å². The zero-order valence-corrected chi connectivity index (χ0v) is 28.1. The summed E-state index contributed by atoms with van der Waals surface area (Å²) < 4.78 is 4.76. The van der Waals surface area contributed by atoms with Gasteiger partial charge in [-0.1, -0.05) is 55.8 Å². The number of amides is 2. The summed E-state index contributed by atoms with van der Waals surface area (Å²) in [6.07, 6.45) is 6.81. The number of hydrogen-bond acceptors (Lipinski definition) is 7. The third-order valence-corrected chi connectivity index (χ3v) is 9.61. The largest absolute Gasteiger partial charge is 0.453 e. The molecule has 2 fully saturated rings. The molecule has 0 spiro atoms. The Balaban J connectivity index is 1.22. The van der Waals surface area contributed by atoms with Crippen LogP contribution in [0, 0.1) is 29.6 Å². The maximum absolute atomic E-state index is 13.6. The molecule has 6 rings (SSSR count). The molecule has 0 unspecified atom stereocenters. The molecular weight excluding hydrogens is 623 g/mol. The maximum Gasteiger partial charge on any atom is 0.407 e. The SMILES string of the molecule is COC(=O)N[C@H](C(=O)N1CCC[C@H]1c1ncc(-c2ccc(C#CC#Cc3cnc([C@@H]4CCCN4)[nH]3)c(Sc3ccccc3)c2)[nH]1)C(C)C. The standard InChI is InChI=1S/C37H39N7O3S/c1-24(2)33(43-37(46)47-3)36(45)44-20-10-16-31(44)35-40-23-30(42-35)26-18-17-25(32(21-26)48-28-13-5-4-6-14-28)11-7-8-12-27-22-39-34(41-27)29-15-9-19-38-29/h4-6,13-14,17-18,21-24,29,31,33,38H,9-10,15-16,19-20H2,1-3H3,(H,39,41)(H,40,42)(H,43,46)/t29-,31-,33-/m0/s1. The molecule has 10 nitrogen and oxygen atoms in total. The lowest BCUT2D eigenvalue weighted by molar-refractivity contribution is -0.135. The van der Waals surface area contributed by atoms with E-state index in [-0.39, 0.29) is 23.9 Å². The van der Waals surface area contributed by atoms with Crippen LogP contribution in [0.4, 0.5) is 4.79 Å². The lowest BCUT2D eigenvalue weighted by Crippen LogP contribution is -2.51. The van der Waals surface area contributed by atoms with Gasteiger partial charge in [0.15, 0.2) is 0 Å². The quantitative estimate of drug-likeness (QED) is 0.175. The van der Waals surface area contributed by atoms with Crippen molar-refractivity contribution in [1.82, 2.24) is 35.5 Å². The second kappa shape index (κ2) is 15.3. The molecule has 2 aromatic carbocycles. The molecular formula is C37H39N7O3S. The average Bonchev–Trinajstić information content (AvgIpc) is 3.93. The van der Waals surface area contributed by atoms with Crippen LogP contribution in [0.3, 0.4) is 0 Å². The van der Waals surface area contributed by atoms with Crippen LogP contribution in [0.2, 0.25) is 0 Å². The maximum atomic E-state index is 13.6. The highest BCUT2D eigenvalue weighted by Gasteiger charge is 2.37. The summed E-state index contributed by atoms with van der Waals surface area (Å²) in [5.41, 5.74) is 3.42. The van der Waals surface area contributed by atoms with E-state index in [0.717, 1.165) is 76.2 Å². The van der Waals surface area contributed by atoms with Crippen molar-refractivity contribution in [2.24, 2.45) is 5.92 Å². The van der Waals surface area contributed by atoms with Crippen LogP contribution in [-0.4, -0.2) is 63.1 Å². The van der Waals surface area contributed by atoms with Crippen LogP contribution in [0.1, 0.15) is 74.5 Å². The third-order valence-electron chi connectivity index (χ3n) is 8.54. The molecule has 246 valence electrons. The Labute approximate surface area is 285 Å². The van der Waals surface area contributed by atoms with E-state index in [1.807, 2.05) is 55.3 Å². The number of imidazole rings is 2. The van der Waals surface area contributed by atoms with Gasteiger partial charge in [-0.25, -0.2) is 14.8 Å². The van der Waals surface area contributed by atoms with Crippen molar-refractivity contribution in [3.63, 3.8) is 0 Å². The molecule has 11 heteroatoms. The van der Waals surface area contributed by atoms with E-state index in [2.05, 4.69) is 67.5 Å². The Morgan fingerprint density at radius 1 is 1.00 bits per heavy atom. The predicted molar refractivity (Wildman–Crippen MR) is 185 cm³/mol. The lowest BCUT2D eigenvalue weighted by Gasteiger charge is -2.30. The first kappa shape index (κ1) is 33.0. The summed E-state index contributed by atoms with van der Waals surface area (Å²) in [4.78, 5) is 45.4. The van der Waals surface area contributed by atoms with Crippen LogP contribution < -0.4 is 10.6 Å². The molecule has 2 aliphatic rings. The third kappa shape index (κ3) is 7.76. The van der Waals surface area contributed by atoms with Crippen molar-refractivity contribution in [2.45, 2.75) is 67.4 Å². The molecule has 0 bridgehead atoms. The Morgan fingerprint density at radius 3 is 2.58 bits per heavy atom. The fourth-order valence-electron chi connectivity index (χ4n) is 6.03. The van der Waals surface area contributed by atoms with E-state index in [1.165, 1.54) is 7.11 Å². The summed E-state index contributed by atoms with van der Waals surface area (Å²) in [5.74, 6) is 13.7. The van der Waals surface area contributed by atoms with Crippen LogP contribution in [0.25, 0.3) is 11.3 Å². The number of ether oxygens (including phenoxy) is 1. The average molecular weight is 662 g/mol. The lowest BCUT2D eigenvalue weighted by atomic mass is 10.0. The number of rotatable bonds is 8. The molecule has 4 N–H and O–H groups in total. The van der Waals surface area contributed by atoms with E-state index in [4.69, 9.17) is 9.72 Å². The molecule has 2 aromatic heterocycles. The zero-order chi connectivity index (χ0) is 33.5. The zero-order valence-electron chi connectivity index (χ0n) is 27.3. The van der Waals surface area contributed by atoms with Crippen molar-refractivity contribution in [3.05, 3.63) is 83.8 Å². The number of nitrogens with one attached hydrogen (secondary N) is 4. The highest BCUT2D eigenvalue weighted by molar-refractivity contribution is 7.99. The van der Waals surface area contributed by atoms with Gasteiger partial charge in [-0.15, -0.1) is 0 Å². The highest BCUT2D eigenvalue weighted by atomic mass is 32.2. The molecule has 0 radical (unpaired) electrons.